The summed E-state index contributed by atoms with van der Waals surface area (Å²) in [5.74, 6) is 6.14. The fraction of sp³-hybridized carbons (Fsp3) is 0.833. The molecule has 1 aliphatic carbocycles. The molecule has 3 nitrogen and oxygen atoms in total. The molecule has 0 radical (unpaired) electrons. The first-order valence-electron chi connectivity index (χ1n) is 6.05. The molecule has 2 rings (SSSR count). The van der Waals surface area contributed by atoms with E-state index in [-0.39, 0.29) is 11.8 Å². The Morgan fingerprint density at radius 1 is 1.40 bits per heavy atom. The van der Waals surface area contributed by atoms with E-state index in [4.69, 9.17) is 10.6 Å². The molecule has 2 aliphatic rings. The molecule has 2 fully saturated rings. The number of nitrogens with two attached hydrogens (primary N) is 1. The van der Waals surface area contributed by atoms with Crippen LogP contribution in [0.15, 0.2) is 12.2 Å². The maximum atomic E-state index is 6.05. The minimum absolute atomic E-state index is 0.0781. The second kappa shape index (κ2) is 4.64. The molecular weight excluding hydrogens is 188 g/mol. The molecule has 0 aromatic rings. The van der Waals surface area contributed by atoms with Crippen LogP contribution in [0.2, 0.25) is 0 Å². The van der Waals surface area contributed by atoms with E-state index < -0.39 is 0 Å². The quantitative estimate of drug-likeness (QED) is 0.417. The Morgan fingerprint density at radius 3 is 2.93 bits per heavy atom. The summed E-state index contributed by atoms with van der Waals surface area (Å²) in [5, 5.41) is 0. The van der Waals surface area contributed by atoms with Crippen molar-refractivity contribution in [2.75, 3.05) is 0 Å². The SMILES string of the molecule is CC=CC1CCCC2(CCC(NN)O2)C1. The summed E-state index contributed by atoms with van der Waals surface area (Å²) >= 11 is 0. The molecule has 0 amide bonds. The third-order valence-electron chi connectivity index (χ3n) is 3.75. The zero-order valence-corrected chi connectivity index (χ0v) is 9.54. The first kappa shape index (κ1) is 11.1. The number of ether oxygens (including phenoxy) is 1. The van der Waals surface area contributed by atoms with E-state index in [1.807, 2.05) is 0 Å². The second-order valence-electron chi connectivity index (χ2n) is 4.88. The van der Waals surface area contributed by atoms with Crippen LogP contribution in [0.5, 0.6) is 0 Å². The Hall–Kier alpha value is -0.380. The van der Waals surface area contributed by atoms with Gasteiger partial charge in [-0.15, -0.1) is 0 Å². The van der Waals surface area contributed by atoms with Gasteiger partial charge in [0.1, 0.15) is 6.23 Å². The van der Waals surface area contributed by atoms with Crippen molar-refractivity contribution >= 4 is 0 Å². The van der Waals surface area contributed by atoms with Crippen LogP contribution in [0.3, 0.4) is 0 Å². The van der Waals surface area contributed by atoms with E-state index in [0.717, 1.165) is 12.8 Å². The minimum Gasteiger partial charge on any atom is -0.356 e. The molecule has 0 aromatic carbocycles. The molecule has 0 bridgehead atoms. The standard InChI is InChI=1S/C12H22N2O/c1-2-4-10-5-3-7-12(9-10)8-6-11(14-13)15-12/h2,4,10-11,14H,3,5-9,13H2,1H3. The van der Waals surface area contributed by atoms with Crippen LogP contribution in [-0.4, -0.2) is 11.8 Å². The van der Waals surface area contributed by atoms with Crippen LogP contribution >= 0.6 is 0 Å². The number of allylic oxidation sites excluding steroid dienone is 2. The molecule has 3 N–H and O–H groups in total. The van der Waals surface area contributed by atoms with Crippen molar-refractivity contribution < 1.29 is 4.74 Å². The fourth-order valence-corrected chi connectivity index (χ4v) is 3.07. The molecule has 1 heterocycles. The van der Waals surface area contributed by atoms with Crippen molar-refractivity contribution in [3.8, 4) is 0 Å². The zero-order chi connectivity index (χ0) is 10.7. The largest absolute Gasteiger partial charge is 0.356 e. The summed E-state index contributed by atoms with van der Waals surface area (Å²) < 4.78 is 6.05. The van der Waals surface area contributed by atoms with Crippen molar-refractivity contribution in [2.24, 2.45) is 11.8 Å². The lowest BCUT2D eigenvalue weighted by Crippen LogP contribution is -2.40. The topological polar surface area (TPSA) is 47.3 Å². The normalized spacial score (nSPS) is 41.7. The highest BCUT2D eigenvalue weighted by molar-refractivity contribution is 4.98. The van der Waals surface area contributed by atoms with Crippen LogP contribution in [0.1, 0.15) is 45.4 Å². The Morgan fingerprint density at radius 2 is 2.27 bits per heavy atom. The summed E-state index contributed by atoms with van der Waals surface area (Å²) in [6.45, 7) is 2.10. The maximum absolute atomic E-state index is 6.05. The third kappa shape index (κ3) is 2.41. The summed E-state index contributed by atoms with van der Waals surface area (Å²) in [6, 6.07) is 0. The molecule has 3 atom stereocenters. The van der Waals surface area contributed by atoms with E-state index in [9.17, 15) is 0 Å². The highest BCUT2D eigenvalue weighted by Gasteiger charge is 2.42. The summed E-state index contributed by atoms with van der Waals surface area (Å²) in [7, 11) is 0. The van der Waals surface area contributed by atoms with Crippen LogP contribution in [0.25, 0.3) is 0 Å². The lowest BCUT2D eigenvalue weighted by molar-refractivity contribution is -0.0812. The lowest BCUT2D eigenvalue weighted by Gasteiger charge is -2.36. The molecular formula is C12H22N2O. The summed E-state index contributed by atoms with van der Waals surface area (Å²) in [6.07, 6.45) is 11.8. The van der Waals surface area contributed by atoms with Gasteiger partial charge in [-0.1, -0.05) is 12.2 Å². The molecule has 3 unspecified atom stereocenters. The van der Waals surface area contributed by atoms with Gasteiger partial charge < -0.3 is 4.74 Å². The average Bonchev–Trinajstić information content (AvgIpc) is 2.62. The van der Waals surface area contributed by atoms with Gasteiger partial charge in [-0.05, 0) is 51.4 Å². The van der Waals surface area contributed by atoms with E-state index >= 15 is 0 Å². The van der Waals surface area contributed by atoms with Crippen LogP contribution < -0.4 is 11.3 Å². The van der Waals surface area contributed by atoms with Crippen LogP contribution in [0, 0.1) is 5.92 Å². The van der Waals surface area contributed by atoms with Gasteiger partial charge in [0.15, 0.2) is 0 Å². The van der Waals surface area contributed by atoms with Gasteiger partial charge in [-0.25, -0.2) is 5.43 Å². The van der Waals surface area contributed by atoms with Crippen molar-refractivity contribution in [3.63, 3.8) is 0 Å². The van der Waals surface area contributed by atoms with Crippen molar-refractivity contribution in [1.29, 1.82) is 0 Å². The molecule has 1 spiro atoms. The Balaban J connectivity index is 1.97. The average molecular weight is 210 g/mol. The number of rotatable bonds is 2. The highest BCUT2D eigenvalue weighted by Crippen LogP contribution is 2.43. The number of hydrazine groups is 1. The first-order chi connectivity index (χ1) is 7.28. The van der Waals surface area contributed by atoms with Crippen LogP contribution in [-0.2, 0) is 4.74 Å². The lowest BCUT2D eigenvalue weighted by atomic mass is 9.76. The molecule has 0 aromatic heterocycles. The fourth-order valence-electron chi connectivity index (χ4n) is 3.07. The smallest absolute Gasteiger partial charge is 0.121 e. The summed E-state index contributed by atoms with van der Waals surface area (Å²) in [5.41, 5.74) is 2.87. The summed E-state index contributed by atoms with van der Waals surface area (Å²) in [4.78, 5) is 0. The monoisotopic (exact) mass is 210 g/mol. The van der Waals surface area contributed by atoms with Gasteiger partial charge in [0.25, 0.3) is 0 Å². The predicted molar refractivity (Wildman–Crippen MR) is 60.9 cm³/mol. The molecule has 15 heavy (non-hydrogen) atoms. The molecule has 1 saturated carbocycles. The number of hydrogen-bond acceptors (Lipinski definition) is 3. The van der Waals surface area contributed by atoms with E-state index in [1.165, 1.54) is 25.7 Å². The van der Waals surface area contributed by atoms with Gasteiger partial charge in [-0.2, -0.15) is 0 Å². The molecule has 1 saturated heterocycles. The first-order valence-corrected chi connectivity index (χ1v) is 6.05. The van der Waals surface area contributed by atoms with Gasteiger partial charge in [0, 0.05) is 0 Å². The highest BCUT2D eigenvalue weighted by atomic mass is 16.5. The van der Waals surface area contributed by atoms with Crippen molar-refractivity contribution in [2.45, 2.75) is 57.3 Å². The molecule has 3 heteroatoms. The number of nitrogens with one attached hydrogen (secondary N) is 1. The Kier molecular flexibility index (Phi) is 3.44. The van der Waals surface area contributed by atoms with Crippen LogP contribution in [0.4, 0.5) is 0 Å². The van der Waals surface area contributed by atoms with E-state index in [0.29, 0.717) is 5.92 Å². The second-order valence-corrected chi connectivity index (χ2v) is 4.88. The molecule has 1 aliphatic heterocycles. The van der Waals surface area contributed by atoms with Gasteiger partial charge >= 0.3 is 0 Å². The third-order valence-corrected chi connectivity index (χ3v) is 3.75. The van der Waals surface area contributed by atoms with E-state index in [1.54, 1.807) is 0 Å². The minimum atomic E-state index is 0.0781. The molecule has 86 valence electrons. The Bertz CT molecular complexity index is 242. The Labute approximate surface area is 92.0 Å². The zero-order valence-electron chi connectivity index (χ0n) is 9.54. The van der Waals surface area contributed by atoms with Gasteiger partial charge in [0.05, 0.1) is 5.60 Å². The van der Waals surface area contributed by atoms with Gasteiger partial charge in [-0.3, -0.25) is 5.84 Å². The van der Waals surface area contributed by atoms with Crippen molar-refractivity contribution in [3.05, 3.63) is 12.2 Å². The van der Waals surface area contributed by atoms with E-state index in [2.05, 4.69) is 24.5 Å². The maximum Gasteiger partial charge on any atom is 0.121 e. The van der Waals surface area contributed by atoms with Crippen molar-refractivity contribution in [1.82, 2.24) is 5.43 Å². The predicted octanol–water partition coefficient (Wildman–Crippen LogP) is 2.09. The van der Waals surface area contributed by atoms with Gasteiger partial charge in [0.2, 0.25) is 0 Å². The number of hydrogen-bond donors (Lipinski definition) is 2.